The molecule has 11 heteroatoms. The van der Waals surface area contributed by atoms with Gasteiger partial charge in [0.05, 0.1) is 29.5 Å². The Morgan fingerprint density at radius 3 is 2.70 bits per heavy atom. The summed E-state index contributed by atoms with van der Waals surface area (Å²) in [5.74, 6) is 0.531. The number of amides is 1. The second-order valence-electron chi connectivity index (χ2n) is 8.15. The van der Waals surface area contributed by atoms with Gasteiger partial charge in [0.2, 0.25) is 5.91 Å². The zero-order valence-corrected chi connectivity index (χ0v) is 20.8. The highest BCUT2D eigenvalue weighted by Crippen LogP contribution is 2.34. The largest absolute Gasteiger partial charge is 0.496 e. The predicted molar refractivity (Wildman–Crippen MR) is 142 cm³/mol. The number of benzene rings is 3. The fraction of sp³-hybridized carbons (Fsp3) is 0.115. The Kier molecular flexibility index (Phi) is 6.60. The number of para-hydroxylation sites is 2. The van der Waals surface area contributed by atoms with Crippen LogP contribution in [0.3, 0.4) is 0 Å². The number of anilines is 1. The topological polar surface area (TPSA) is 128 Å². The first-order valence-electron chi connectivity index (χ1n) is 11.3. The van der Waals surface area contributed by atoms with E-state index >= 15 is 0 Å². The van der Waals surface area contributed by atoms with Crippen LogP contribution in [0.4, 0.5) is 11.4 Å². The van der Waals surface area contributed by atoms with Crippen LogP contribution in [0, 0.1) is 17.0 Å². The van der Waals surface area contributed by atoms with Crippen LogP contribution >= 0.6 is 11.8 Å². The highest BCUT2D eigenvalue weighted by Gasteiger charge is 2.22. The van der Waals surface area contributed by atoms with Crippen molar-refractivity contribution in [3.05, 3.63) is 88.6 Å². The minimum Gasteiger partial charge on any atom is -0.496 e. The minimum absolute atomic E-state index is 0.0267. The highest BCUT2D eigenvalue weighted by atomic mass is 32.2. The van der Waals surface area contributed by atoms with Gasteiger partial charge in [0.25, 0.3) is 5.69 Å². The van der Waals surface area contributed by atoms with E-state index in [2.05, 4.69) is 20.5 Å². The molecule has 3 aromatic carbocycles. The average Bonchev–Trinajstić information content (AvgIpc) is 3.52. The van der Waals surface area contributed by atoms with E-state index in [-0.39, 0.29) is 17.1 Å². The summed E-state index contributed by atoms with van der Waals surface area (Å²) in [5.41, 5.74) is 3.62. The van der Waals surface area contributed by atoms with Crippen molar-refractivity contribution in [2.45, 2.75) is 12.1 Å². The number of carbonyl (C=O) groups is 1. The number of methoxy groups -OCH3 is 1. The van der Waals surface area contributed by atoms with Crippen molar-refractivity contribution >= 4 is 39.9 Å². The molecule has 0 aliphatic carbocycles. The highest BCUT2D eigenvalue weighted by molar-refractivity contribution is 7.99. The summed E-state index contributed by atoms with van der Waals surface area (Å²) in [5, 5.41) is 24.5. The predicted octanol–water partition coefficient (Wildman–Crippen LogP) is 5.37. The molecular weight excluding hydrogens is 492 g/mol. The molecule has 0 bridgehead atoms. The molecule has 37 heavy (non-hydrogen) atoms. The lowest BCUT2D eigenvalue weighted by atomic mass is 10.1. The van der Waals surface area contributed by atoms with Gasteiger partial charge in [-0.1, -0.05) is 48.2 Å². The number of H-pyrrole nitrogens is 1. The maximum Gasteiger partial charge on any atom is 0.296 e. The molecule has 0 unspecified atom stereocenters. The number of rotatable bonds is 8. The molecule has 186 valence electrons. The van der Waals surface area contributed by atoms with Crippen molar-refractivity contribution in [2.24, 2.45) is 0 Å². The van der Waals surface area contributed by atoms with E-state index in [9.17, 15) is 14.9 Å². The molecule has 0 saturated heterocycles. The van der Waals surface area contributed by atoms with E-state index in [1.54, 1.807) is 6.07 Å². The van der Waals surface area contributed by atoms with Crippen LogP contribution in [0.1, 0.15) is 5.56 Å². The number of nitrogens with zero attached hydrogens (tertiary/aromatic N) is 4. The van der Waals surface area contributed by atoms with Crippen LogP contribution in [-0.2, 0) is 4.79 Å². The van der Waals surface area contributed by atoms with Crippen LogP contribution in [0.2, 0.25) is 0 Å². The monoisotopic (exact) mass is 514 g/mol. The van der Waals surface area contributed by atoms with Crippen molar-refractivity contribution in [3.8, 4) is 22.8 Å². The van der Waals surface area contributed by atoms with Crippen molar-refractivity contribution in [1.29, 1.82) is 0 Å². The molecule has 0 fully saturated rings. The van der Waals surface area contributed by atoms with Gasteiger partial charge in [-0.15, -0.1) is 10.2 Å². The number of hydrogen-bond acceptors (Lipinski definition) is 7. The third-order valence-electron chi connectivity index (χ3n) is 5.83. The summed E-state index contributed by atoms with van der Waals surface area (Å²) in [4.78, 5) is 27.0. The van der Waals surface area contributed by atoms with Crippen molar-refractivity contribution in [3.63, 3.8) is 0 Å². The summed E-state index contributed by atoms with van der Waals surface area (Å²) in [7, 11) is 1.42. The number of aromatic amines is 1. The Labute approximate surface area is 215 Å². The van der Waals surface area contributed by atoms with Gasteiger partial charge >= 0.3 is 0 Å². The third-order valence-corrected chi connectivity index (χ3v) is 6.76. The molecule has 0 aliphatic heterocycles. The number of thioether (sulfide) groups is 1. The fourth-order valence-electron chi connectivity index (χ4n) is 4.04. The Balaban J connectivity index is 1.46. The second-order valence-corrected chi connectivity index (χ2v) is 9.10. The van der Waals surface area contributed by atoms with Crippen molar-refractivity contribution < 1.29 is 14.5 Å². The van der Waals surface area contributed by atoms with Gasteiger partial charge in [0, 0.05) is 22.7 Å². The molecule has 0 radical (unpaired) electrons. The number of nitro groups is 1. The molecule has 1 amide bonds. The first kappa shape index (κ1) is 24.1. The molecule has 5 aromatic rings. The van der Waals surface area contributed by atoms with E-state index < -0.39 is 10.8 Å². The molecule has 0 saturated carbocycles. The minimum atomic E-state index is -0.562. The Bertz CT molecular complexity index is 1630. The van der Waals surface area contributed by atoms with Crippen LogP contribution in [-0.4, -0.2) is 43.4 Å². The molecule has 5 rings (SSSR count). The molecule has 2 heterocycles. The van der Waals surface area contributed by atoms with Gasteiger partial charge in [-0.3, -0.25) is 19.5 Å². The quantitative estimate of drug-likeness (QED) is 0.162. The van der Waals surface area contributed by atoms with Gasteiger partial charge in [-0.05, 0) is 36.8 Å². The molecule has 10 nitrogen and oxygen atoms in total. The molecule has 0 spiro atoms. The van der Waals surface area contributed by atoms with E-state index in [4.69, 9.17) is 4.74 Å². The molecule has 0 aliphatic rings. The maximum absolute atomic E-state index is 12.8. The lowest BCUT2D eigenvalue weighted by molar-refractivity contribution is -0.384. The lowest BCUT2D eigenvalue weighted by Crippen LogP contribution is -2.15. The summed E-state index contributed by atoms with van der Waals surface area (Å²) >= 11 is 1.20. The Morgan fingerprint density at radius 2 is 1.92 bits per heavy atom. The number of nitrogens with one attached hydrogen (secondary N) is 2. The Morgan fingerprint density at radius 1 is 1.14 bits per heavy atom. The number of aromatic nitrogens is 4. The number of hydrogen-bond donors (Lipinski definition) is 2. The van der Waals surface area contributed by atoms with Crippen LogP contribution in [0.5, 0.6) is 5.75 Å². The number of carbonyl (C=O) groups excluding carboxylic acids is 1. The van der Waals surface area contributed by atoms with E-state index in [1.165, 1.54) is 31.0 Å². The zero-order chi connectivity index (χ0) is 25.9. The number of fused-ring (bicyclic) bond motifs is 1. The summed E-state index contributed by atoms with van der Waals surface area (Å²) in [6.45, 7) is 2.00. The summed E-state index contributed by atoms with van der Waals surface area (Å²) < 4.78 is 6.98. The van der Waals surface area contributed by atoms with Crippen molar-refractivity contribution in [2.75, 3.05) is 18.2 Å². The standard InChI is InChI=1S/C26H22N6O4S/c1-16-7-3-6-10-22(16)31-25(19-14-27-20-9-5-4-8-18(19)20)29-30-26(31)37-15-24(33)28-21-12-11-17(36-2)13-23(21)32(34)35/h3-14,27H,15H2,1-2H3,(H,28,33). The van der Waals surface area contributed by atoms with Crippen LogP contribution in [0.15, 0.2) is 78.1 Å². The second kappa shape index (κ2) is 10.2. The van der Waals surface area contributed by atoms with Gasteiger partial charge < -0.3 is 15.0 Å². The zero-order valence-electron chi connectivity index (χ0n) is 20.0. The average molecular weight is 515 g/mol. The molecular formula is C26H22N6O4S. The normalized spacial score (nSPS) is 11.0. The first-order chi connectivity index (χ1) is 18.0. The SMILES string of the molecule is COc1ccc(NC(=O)CSc2nnc(-c3c[nH]c4ccccc34)n2-c2ccccc2C)c([N+](=O)[O-])c1. The number of aryl methyl sites for hydroxylation is 1. The van der Waals surface area contributed by atoms with Gasteiger partial charge in [0.1, 0.15) is 11.4 Å². The number of nitro benzene ring substituents is 1. The lowest BCUT2D eigenvalue weighted by Gasteiger charge is -2.12. The smallest absolute Gasteiger partial charge is 0.296 e. The van der Waals surface area contributed by atoms with E-state index in [0.29, 0.717) is 16.7 Å². The van der Waals surface area contributed by atoms with Crippen LogP contribution in [0.25, 0.3) is 28.0 Å². The van der Waals surface area contributed by atoms with Gasteiger partial charge in [0.15, 0.2) is 11.0 Å². The Hall–Kier alpha value is -4.64. The first-order valence-corrected chi connectivity index (χ1v) is 12.3. The fourth-order valence-corrected chi connectivity index (χ4v) is 4.78. The van der Waals surface area contributed by atoms with Gasteiger partial charge in [-0.2, -0.15) is 0 Å². The third kappa shape index (κ3) is 4.76. The van der Waals surface area contributed by atoms with E-state index in [0.717, 1.165) is 27.7 Å². The number of ether oxygens (including phenoxy) is 1. The molecule has 0 atom stereocenters. The van der Waals surface area contributed by atoms with Crippen LogP contribution < -0.4 is 10.1 Å². The summed E-state index contributed by atoms with van der Waals surface area (Å²) in [6.07, 6.45) is 1.90. The molecule has 2 N–H and O–H groups in total. The van der Waals surface area contributed by atoms with Crippen molar-refractivity contribution in [1.82, 2.24) is 19.7 Å². The molecule has 2 aromatic heterocycles. The maximum atomic E-state index is 12.8. The summed E-state index contributed by atoms with van der Waals surface area (Å²) in [6, 6.07) is 20.1. The van der Waals surface area contributed by atoms with E-state index in [1.807, 2.05) is 66.2 Å². The van der Waals surface area contributed by atoms with Gasteiger partial charge in [-0.25, -0.2) is 0 Å².